The van der Waals surface area contributed by atoms with Crippen molar-refractivity contribution in [2.45, 2.75) is 13.0 Å². The Labute approximate surface area is 91.9 Å². The molecule has 15 heavy (non-hydrogen) atoms. The van der Waals surface area contributed by atoms with E-state index in [1.54, 1.807) is 11.3 Å². The van der Waals surface area contributed by atoms with Crippen molar-refractivity contribution in [2.75, 3.05) is 13.1 Å². The molecule has 80 valence electrons. The number of rotatable bonds is 2. The second-order valence-electron chi connectivity index (χ2n) is 3.57. The number of imide groups is 1. The van der Waals surface area contributed by atoms with E-state index in [4.69, 9.17) is 0 Å². The standard InChI is InChI=1S/C10H12N2O2S/c1-7(8-3-2-4-15-8)12-5-9(13)11-10(14)6-12/h2-4,7H,5-6H2,1H3,(H,11,13,14). The fourth-order valence-electron chi connectivity index (χ4n) is 1.64. The van der Waals surface area contributed by atoms with E-state index in [2.05, 4.69) is 5.32 Å². The summed E-state index contributed by atoms with van der Waals surface area (Å²) in [5.41, 5.74) is 0. The third-order valence-corrected chi connectivity index (χ3v) is 3.52. The maximum atomic E-state index is 11.2. The van der Waals surface area contributed by atoms with Gasteiger partial charge >= 0.3 is 0 Å². The molecule has 0 bridgehead atoms. The maximum Gasteiger partial charge on any atom is 0.240 e. The summed E-state index contributed by atoms with van der Waals surface area (Å²) in [5.74, 6) is -0.427. The van der Waals surface area contributed by atoms with E-state index in [1.807, 2.05) is 29.3 Å². The smallest absolute Gasteiger partial charge is 0.240 e. The van der Waals surface area contributed by atoms with E-state index in [0.717, 1.165) is 0 Å². The van der Waals surface area contributed by atoms with Gasteiger partial charge in [0.1, 0.15) is 0 Å². The molecular formula is C10H12N2O2S. The Hall–Kier alpha value is -1.20. The first-order valence-corrected chi connectivity index (χ1v) is 5.65. The largest absolute Gasteiger partial charge is 0.294 e. The minimum Gasteiger partial charge on any atom is -0.294 e. The van der Waals surface area contributed by atoms with Gasteiger partial charge in [0.15, 0.2) is 0 Å². The summed E-state index contributed by atoms with van der Waals surface area (Å²) in [6, 6.07) is 4.12. The highest BCUT2D eigenvalue weighted by molar-refractivity contribution is 7.10. The Morgan fingerprint density at radius 3 is 2.60 bits per heavy atom. The summed E-state index contributed by atoms with van der Waals surface area (Å²) < 4.78 is 0. The molecule has 1 N–H and O–H groups in total. The lowest BCUT2D eigenvalue weighted by molar-refractivity contribution is -0.136. The molecule has 0 radical (unpaired) electrons. The van der Waals surface area contributed by atoms with Crippen LogP contribution in [0.3, 0.4) is 0 Å². The Bertz CT molecular complexity index is 359. The van der Waals surface area contributed by atoms with Crippen LogP contribution in [0.1, 0.15) is 17.8 Å². The molecule has 1 aromatic heterocycles. The van der Waals surface area contributed by atoms with Gasteiger partial charge in [0.05, 0.1) is 13.1 Å². The van der Waals surface area contributed by atoms with Crippen molar-refractivity contribution in [1.82, 2.24) is 10.2 Å². The molecule has 2 rings (SSSR count). The maximum absolute atomic E-state index is 11.2. The van der Waals surface area contributed by atoms with Gasteiger partial charge in [-0.3, -0.25) is 19.8 Å². The first kappa shape index (κ1) is 10.3. The third kappa shape index (κ3) is 2.24. The van der Waals surface area contributed by atoms with Crippen LogP contribution in [-0.4, -0.2) is 29.8 Å². The summed E-state index contributed by atoms with van der Waals surface area (Å²) in [6.45, 7) is 2.60. The molecule has 1 aliphatic rings. The molecule has 1 saturated heterocycles. The van der Waals surface area contributed by atoms with E-state index in [9.17, 15) is 9.59 Å². The van der Waals surface area contributed by atoms with Gasteiger partial charge in [0.2, 0.25) is 11.8 Å². The number of thiophene rings is 1. The topological polar surface area (TPSA) is 49.4 Å². The number of hydrogen-bond acceptors (Lipinski definition) is 4. The van der Waals surface area contributed by atoms with Crippen molar-refractivity contribution in [2.24, 2.45) is 0 Å². The lowest BCUT2D eigenvalue weighted by atomic mass is 10.2. The number of carbonyl (C=O) groups is 2. The molecule has 2 amide bonds. The van der Waals surface area contributed by atoms with E-state index in [-0.39, 0.29) is 17.9 Å². The number of hydrogen-bond donors (Lipinski definition) is 1. The molecule has 1 fully saturated rings. The second-order valence-corrected chi connectivity index (χ2v) is 4.55. The zero-order valence-corrected chi connectivity index (χ0v) is 9.21. The summed E-state index contributed by atoms with van der Waals surface area (Å²) in [5, 5.41) is 4.29. The monoisotopic (exact) mass is 224 g/mol. The quantitative estimate of drug-likeness (QED) is 0.755. The molecule has 0 saturated carbocycles. The van der Waals surface area contributed by atoms with E-state index < -0.39 is 0 Å². The normalized spacial score (nSPS) is 20.1. The van der Waals surface area contributed by atoms with Crippen molar-refractivity contribution in [3.63, 3.8) is 0 Å². The number of piperazine rings is 1. The first-order chi connectivity index (χ1) is 7.16. The van der Waals surface area contributed by atoms with Gasteiger partial charge in [-0.15, -0.1) is 11.3 Å². The van der Waals surface area contributed by atoms with Crippen molar-refractivity contribution in [3.8, 4) is 0 Å². The van der Waals surface area contributed by atoms with Crippen LogP contribution >= 0.6 is 11.3 Å². The molecule has 1 aliphatic heterocycles. The molecule has 2 heterocycles. The molecular weight excluding hydrogens is 212 g/mol. The second kappa shape index (κ2) is 4.12. The summed E-state index contributed by atoms with van der Waals surface area (Å²) in [7, 11) is 0. The third-order valence-electron chi connectivity index (χ3n) is 2.47. The molecule has 5 heteroatoms. The van der Waals surface area contributed by atoms with Crippen LogP contribution in [0.25, 0.3) is 0 Å². The SMILES string of the molecule is CC(c1cccs1)N1CC(=O)NC(=O)C1. The van der Waals surface area contributed by atoms with Gasteiger partial charge in [0, 0.05) is 10.9 Å². The fraction of sp³-hybridized carbons (Fsp3) is 0.400. The average molecular weight is 224 g/mol. The van der Waals surface area contributed by atoms with Crippen LogP contribution in [0.2, 0.25) is 0 Å². The van der Waals surface area contributed by atoms with Crippen LogP contribution < -0.4 is 5.32 Å². The van der Waals surface area contributed by atoms with E-state index in [1.165, 1.54) is 4.88 Å². The van der Waals surface area contributed by atoms with Crippen molar-refractivity contribution < 1.29 is 9.59 Å². The number of amides is 2. The van der Waals surface area contributed by atoms with Gasteiger partial charge in [-0.05, 0) is 18.4 Å². The van der Waals surface area contributed by atoms with Crippen LogP contribution in [-0.2, 0) is 9.59 Å². The Balaban J connectivity index is 2.10. The molecule has 4 nitrogen and oxygen atoms in total. The first-order valence-electron chi connectivity index (χ1n) is 4.77. The molecule has 0 aromatic carbocycles. The molecule has 0 aliphatic carbocycles. The van der Waals surface area contributed by atoms with Gasteiger partial charge < -0.3 is 0 Å². The minimum atomic E-state index is -0.213. The van der Waals surface area contributed by atoms with Crippen LogP contribution in [0, 0.1) is 0 Å². The van der Waals surface area contributed by atoms with Gasteiger partial charge in [-0.1, -0.05) is 6.07 Å². The molecule has 1 atom stereocenters. The average Bonchev–Trinajstić information content (AvgIpc) is 2.67. The van der Waals surface area contributed by atoms with Crippen molar-refractivity contribution in [1.29, 1.82) is 0 Å². The number of carbonyl (C=O) groups excluding carboxylic acids is 2. The van der Waals surface area contributed by atoms with Gasteiger partial charge in [0.25, 0.3) is 0 Å². The zero-order valence-electron chi connectivity index (χ0n) is 8.40. The van der Waals surface area contributed by atoms with Crippen LogP contribution in [0.15, 0.2) is 17.5 Å². The summed E-state index contributed by atoms with van der Waals surface area (Å²) in [6.07, 6.45) is 0. The lowest BCUT2D eigenvalue weighted by Crippen LogP contribution is -2.51. The Morgan fingerprint density at radius 2 is 2.07 bits per heavy atom. The zero-order chi connectivity index (χ0) is 10.8. The summed E-state index contributed by atoms with van der Waals surface area (Å²) >= 11 is 1.64. The van der Waals surface area contributed by atoms with Crippen LogP contribution in [0.5, 0.6) is 0 Å². The highest BCUT2D eigenvalue weighted by Gasteiger charge is 2.27. The van der Waals surface area contributed by atoms with Gasteiger partial charge in [-0.2, -0.15) is 0 Å². The Morgan fingerprint density at radius 1 is 1.40 bits per heavy atom. The number of nitrogens with one attached hydrogen (secondary N) is 1. The van der Waals surface area contributed by atoms with Crippen molar-refractivity contribution in [3.05, 3.63) is 22.4 Å². The molecule has 1 aromatic rings. The Kier molecular flexibility index (Phi) is 2.83. The van der Waals surface area contributed by atoms with E-state index in [0.29, 0.717) is 13.1 Å². The molecule has 1 unspecified atom stereocenters. The highest BCUT2D eigenvalue weighted by Crippen LogP contribution is 2.24. The lowest BCUT2D eigenvalue weighted by Gasteiger charge is -2.30. The molecule has 0 spiro atoms. The van der Waals surface area contributed by atoms with Crippen molar-refractivity contribution >= 4 is 23.2 Å². The minimum absolute atomic E-state index is 0.125. The fourth-order valence-corrected chi connectivity index (χ4v) is 2.46. The highest BCUT2D eigenvalue weighted by atomic mass is 32.1. The predicted molar refractivity (Wildman–Crippen MR) is 57.5 cm³/mol. The number of nitrogens with zero attached hydrogens (tertiary/aromatic N) is 1. The van der Waals surface area contributed by atoms with Gasteiger partial charge in [-0.25, -0.2) is 0 Å². The predicted octanol–water partition coefficient (Wildman–Crippen LogP) is 0.767. The summed E-state index contributed by atoms with van der Waals surface area (Å²) in [4.78, 5) is 25.4. The van der Waals surface area contributed by atoms with Crippen LogP contribution in [0.4, 0.5) is 0 Å². The van der Waals surface area contributed by atoms with E-state index >= 15 is 0 Å².